The highest BCUT2D eigenvalue weighted by Gasteiger charge is 2.78. The van der Waals surface area contributed by atoms with Gasteiger partial charge in [0.1, 0.15) is 5.84 Å². The lowest BCUT2D eigenvalue weighted by atomic mass is 10.0. The van der Waals surface area contributed by atoms with Crippen LogP contribution < -0.4 is 0 Å². The lowest BCUT2D eigenvalue weighted by molar-refractivity contribution is -0.603. The van der Waals surface area contributed by atoms with Gasteiger partial charge in [-0.3, -0.25) is 0 Å². The molecule has 0 bridgehead atoms. The Morgan fingerprint density at radius 2 is 1.32 bits per heavy atom. The quantitative estimate of drug-likeness (QED) is 0.161. The summed E-state index contributed by atoms with van der Waals surface area (Å²) >= 11 is 1.16. The molecule has 2 heterocycles. The summed E-state index contributed by atoms with van der Waals surface area (Å²) < 4.78 is 4.46. The van der Waals surface area contributed by atoms with Crippen molar-refractivity contribution in [3.8, 4) is 0 Å². The largest absolute Gasteiger partial charge is 0.394 e. The standard InChI is InChI=1S/C21H25N3O12S/c25-9-10-36-17(26,27)11-23-18(28,29)20(32,33)24(21(34,35)19(23,30)31)16-12-5-1-3-7-14(12)37-15-8-4-2-6-13(15)22-16/h1-8,25-35H,9-11H2. The molecular formula is C21H25N3O12S. The van der Waals surface area contributed by atoms with Gasteiger partial charge in [-0.1, -0.05) is 42.1 Å². The number of amidine groups is 1. The van der Waals surface area contributed by atoms with Gasteiger partial charge in [0.05, 0.1) is 25.4 Å². The Balaban J connectivity index is 1.91. The maximum absolute atomic E-state index is 11.0. The predicted octanol–water partition coefficient (Wildman–Crippen LogP) is -3.95. The summed E-state index contributed by atoms with van der Waals surface area (Å²) in [5.41, 5.74) is 0.159. The van der Waals surface area contributed by atoms with Crippen LogP contribution >= 0.6 is 11.8 Å². The fourth-order valence-corrected chi connectivity index (χ4v) is 4.93. The molecule has 0 unspecified atom stereocenters. The number of ether oxygens (including phenoxy) is 1. The zero-order valence-electron chi connectivity index (χ0n) is 18.8. The molecule has 0 aliphatic carbocycles. The number of nitrogens with zero attached hydrogens (tertiary/aromatic N) is 3. The van der Waals surface area contributed by atoms with E-state index in [0.717, 1.165) is 11.8 Å². The highest BCUT2D eigenvalue weighted by molar-refractivity contribution is 7.99. The molecule has 4 rings (SSSR count). The zero-order chi connectivity index (χ0) is 27.4. The Kier molecular flexibility index (Phi) is 6.89. The van der Waals surface area contributed by atoms with E-state index in [1.807, 2.05) is 0 Å². The molecule has 0 saturated carbocycles. The van der Waals surface area contributed by atoms with Crippen molar-refractivity contribution >= 4 is 23.3 Å². The number of β-amino-alcohol motifs (C(OH)–C–C–N with tert-alkyl or cyclic N) is 2. The summed E-state index contributed by atoms with van der Waals surface area (Å²) in [6.07, 6.45) is 0. The zero-order valence-corrected chi connectivity index (χ0v) is 19.6. The van der Waals surface area contributed by atoms with Crippen LogP contribution in [0.3, 0.4) is 0 Å². The number of hydrogen-bond donors (Lipinski definition) is 11. The number of aliphatic imine (C=N–C) groups is 1. The van der Waals surface area contributed by atoms with E-state index in [1.54, 1.807) is 30.3 Å². The summed E-state index contributed by atoms with van der Waals surface area (Å²) in [6.45, 7) is -3.26. The van der Waals surface area contributed by atoms with Crippen LogP contribution in [-0.4, -0.2) is 121 Å². The predicted molar refractivity (Wildman–Crippen MR) is 121 cm³/mol. The third-order valence-electron chi connectivity index (χ3n) is 5.72. The second kappa shape index (κ2) is 9.19. The van der Waals surface area contributed by atoms with E-state index < -0.39 is 60.1 Å². The highest BCUT2D eigenvalue weighted by Crippen LogP contribution is 2.48. The molecule has 1 saturated heterocycles. The van der Waals surface area contributed by atoms with Crippen LogP contribution in [0, 0.1) is 0 Å². The molecule has 0 amide bonds. The minimum atomic E-state index is -4.28. The first-order valence-corrected chi connectivity index (χ1v) is 11.4. The Bertz CT molecular complexity index is 1170. The van der Waals surface area contributed by atoms with Crippen molar-refractivity contribution in [3.63, 3.8) is 0 Å². The van der Waals surface area contributed by atoms with E-state index in [2.05, 4.69) is 9.73 Å². The summed E-state index contributed by atoms with van der Waals surface area (Å²) in [4.78, 5) is 4.16. The summed E-state index contributed by atoms with van der Waals surface area (Å²) in [5.74, 6) is -21.2. The first-order valence-electron chi connectivity index (χ1n) is 10.6. The van der Waals surface area contributed by atoms with Crippen molar-refractivity contribution in [2.45, 2.75) is 39.4 Å². The van der Waals surface area contributed by atoms with Crippen LogP contribution in [0.5, 0.6) is 0 Å². The van der Waals surface area contributed by atoms with Gasteiger partial charge in [-0.15, -0.1) is 0 Å². The minimum absolute atomic E-state index is 0.00589. The Morgan fingerprint density at radius 1 is 0.784 bits per heavy atom. The molecule has 15 nitrogen and oxygen atoms in total. The van der Waals surface area contributed by atoms with Gasteiger partial charge in [-0.2, -0.15) is 4.90 Å². The van der Waals surface area contributed by atoms with Gasteiger partial charge in [-0.25, -0.2) is 9.89 Å². The molecule has 2 aromatic carbocycles. The van der Waals surface area contributed by atoms with Crippen LogP contribution in [-0.2, 0) is 4.74 Å². The number of fused-ring (bicyclic) bond motifs is 2. The van der Waals surface area contributed by atoms with Crippen LogP contribution in [0.25, 0.3) is 0 Å². The second-order valence-corrected chi connectivity index (χ2v) is 9.36. The first kappa shape index (κ1) is 27.8. The van der Waals surface area contributed by atoms with Crippen LogP contribution in [0.15, 0.2) is 63.3 Å². The van der Waals surface area contributed by atoms with Gasteiger partial charge >= 0.3 is 23.6 Å². The number of benzene rings is 2. The third kappa shape index (κ3) is 4.42. The Morgan fingerprint density at radius 3 is 1.92 bits per heavy atom. The molecule has 0 radical (unpaired) electrons. The molecule has 0 spiro atoms. The van der Waals surface area contributed by atoms with Crippen LogP contribution in [0.1, 0.15) is 5.56 Å². The molecular weight excluding hydrogens is 518 g/mol. The average Bonchev–Trinajstić information content (AvgIpc) is 2.97. The third-order valence-corrected chi connectivity index (χ3v) is 6.86. The summed E-state index contributed by atoms with van der Waals surface area (Å²) in [6, 6.07) is 12.4. The average molecular weight is 544 g/mol. The van der Waals surface area contributed by atoms with Gasteiger partial charge < -0.3 is 60.9 Å². The van der Waals surface area contributed by atoms with E-state index in [0.29, 0.717) is 9.79 Å². The Hall–Kier alpha value is -2.26. The van der Waals surface area contributed by atoms with Gasteiger partial charge in [-0.05, 0) is 18.2 Å². The number of hydrogen-bond acceptors (Lipinski definition) is 16. The minimum Gasteiger partial charge on any atom is -0.394 e. The topological polar surface area (TPSA) is 251 Å². The van der Waals surface area contributed by atoms with Crippen molar-refractivity contribution < 1.29 is 60.9 Å². The molecule has 16 heteroatoms. The van der Waals surface area contributed by atoms with Gasteiger partial charge in [0, 0.05) is 15.4 Å². The van der Waals surface area contributed by atoms with Gasteiger partial charge in [0.15, 0.2) is 0 Å². The monoisotopic (exact) mass is 543 g/mol. The molecule has 11 N–H and O–H groups in total. The number of rotatable bonds is 5. The summed E-state index contributed by atoms with van der Waals surface area (Å²) in [7, 11) is 0. The van der Waals surface area contributed by atoms with E-state index in [1.165, 1.54) is 18.2 Å². The van der Waals surface area contributed by atoms with Crippen molar-refractivity contribution in [2.75, 3.05) is 19.8 Å². The molecule has 2 aromatic rings. The SMILES string of the molecule is OCCOC(O)(O)CN1C(O)(O)C(O)(O)N(C2=Nc3ccccc3Sc3ccccc32)C(O)(O)C1(O)O. The van der Waals surface area contributed by atoms with Gasteiger partial charge in [0.25, 0.3) is 5.97 Å². The van der Waals surface area contributed by atoms with E-state index in [-0.39, 0.29) is 16.2 Å². The lowest BCUT2D eigenvalue weighted by Gasteiger charge is -2.61. The van der Waals surface area contributed by atoms with Crippen molar-refractivity contribution in [1.29, 1.82) is 0 Å². The van der Waals surface area contributed by atoms with Crippen molar-refractivity contribution in [2.24, 2.45) is 4.99 Å². The number of aliphatic hydroxyl groups excluding tert-OH is 1. The van der Waals surface area contributed by atoms with Crippen LogP contribution in [0.2, 0.25) is 0 Å². The molecule has 202 valence electrons. The number of piperazine rings is 1. The smallest absolute Gasteiger partial charge is 0.325 e. The summed E-state index contributed by atoms with van der Waals surface area (Å²) in [5, 5.41) is 116. The van der Waals surface area contributed by atoms with Gasteiger partial charge in [0.2, 0.25) is 0 Å². The number of aliphatic hydroxyl groups is 11. The highest BCUT2D eigenvalue weighted by atomic mass is 32.2. The molecule has 2 aliphatic rings. The Labute approximate surface area is 212 Å². The van der Waals surface area contributed by atoms with E-state index >= 15 is 0 Å². The van der Waals surface area contributed by atoms with Crippen molar-refractivity contribution in [3.05, 3.63) is 54.1 Å². The molecule has 0 aromatic heterocycles. The molecule has 37 heavy (non-hydrogen) atoms. The fraction of sp³-hybridized carbons (Fsp3) is 0.381. The lowest BCUT2D eigenvalue weighted by Crippen LogP contribution is -2.91. The van der Waals surface area contributed by atoms with Crippen LogP contribution in [0.4, 0.5) is 5.69 Å². The fourth-order valence-electron chi connectivity index (χ4n) is 3.91. The van der Waals surface area contributed by atoms with E-state index in [9.17, 15) is 51.1 Å². The first-order chi connectivity index (χ1) is 17.1. The molecule has 2 aliphatic heterocycles. The number of para-hydroxylation sites is 1. The van der Waals surface area contributed by atoms with Crippen molar-refractivity contribution in [1.82, 2.24) is 9.80 Å². The maximum atomic E-state index is 11.0. The second-order valence-electron chi connectivity index (χ2n) is 8.28. The molecule has 1 fully saturated rings. The van der Waals surface area contributed by atoms with E-state index in [4.69, 9.17) is 5.11 Å². The normalized spacial score (nSPS) is 22.0. The maximum Gasteiger partial charge on any atom is 0.325 e. The molecule has 0 atom stereocenters.